The molecule has 0 aliphatic carbocycles. The fourth-order valence-corrected chi connectivity index (χ4v) is 3.46. The van der Waals surface area contributed by atoms with Crippen LogP contribution in [0.5, 0.6) is 11.5 Å². The van der Waals surface area contributed by atoms with Gasteiger partial charge in [-0.05, 0) is 38.1 Å². The Kier molecular flexibility index (Phi) is 8.64. The second kappa shape index (κ2) is 11.6. The van der Waals surface area contributed by atoms with Crippen LogP contribution in [0.4, 0.5) is 5.82 Å². The van der Waals surface area contributed by atoms with Gasteiger partial charge in [-0.25, -0.2) is 14.8 Å². The standard InChI is InChI=1S/C23H32N4O5/c1-5-24-15-16-8-9-17(18(14-16)29-4)21-25-19(23(28)32-7-3)20(31-6-2)22(26-21)27-10-12-30-13-11-27/h8-9,14,24H,5-7,10-13,15H2,1-4H3. The van der Waals surface area contributed by atoms with E-state index in [4.69, 9.17) is 23.9 Å². The van der Waals surface area contributed by atoms with Crippen LogP contribution in [0, 0.1) is 0 Å². The van der Waals surface area contributed by atoms with Crippen LogP contribution in [0.3, 0.4) is 0 Å². The molecule has 1 aliphatic heterocycles. The average Bonchev–Trinajstić information content (AvgIpc) is 2.83. The van der Waals surface area contributed by atoms with E-state index in [1.165, 1.54) is 0 Å². The molecule has 1 aromatic heterocycles. The van der Waals surface area contributed by atoms with Crippen molar-refractivity contribution in [3.8, 4) is 22.9 Å². The van der Waals surface area contributed by atoms with Crippen LogP contribution in [0.2, 0.25) is 0 Å². The molecule has 0 amide bonds. The van der Waals surface area contributed by atoms with Crippen LogP contribution in [-0.4, -0.2) is 69.1 Å². The third-order valence-corrected chi connectivity index (χ3v) is 5.00. The van der Waals surface area contributed by atoms with E-state index < -0.39 is 5.97 Å². The number of rotatable bonds is 10. The van der Waals surface area contributed by atoms with Crippen LogP contribution in [0.1, 0.15) is 36.8 Å². The molecule has 0 unspecified atom stereocenters. The van der Waals surface area contributed by atoms with Crippen LogP contribution in [-0.2, 0) is 16.0 Å². The van der Waals surface area contributed by atoms with E-state index in [0.29, 0.717) is 61.6 Å². The van der Waals surface area contributed by atoms with Gasteiger partial charge in [-0.15, -0.1) is 0 Å². The number of methoxy groups -OCH3 is 1. The van der Waals surface area contributed by atoms with Crippen LogP contribution in [0.15, 0.2) is 18.2 Å². The van der Waals surface area contributed by atoms with Crippen molar-refractivity contribution < 1.29 is 23.7 Å². The van der Waals surface area contributed by atoms with Crippen molar-refractivity contribution in [2.45, 2.75) is 27.3 Å². The Labute approximate surface area is 189 Å². The van der Waals surface area contributed by atoms with Gasteiger partial charge >= 0.3 is 5.97 Å². The predicted molar refractivity (Wildman–Crippen MR) is 122 cm³/mol. The normalized spacial score (nSPS) is 13.7. The summed E-state index contributed by atoms with van der Waals surface area (Å²) in [6.45, 7) is 10.3. The van der Waals surface area contributed by atoms with Gasteiger partial charge in [-0.2, -0.15) is 0 Å². The van der Waals surface area contributed by atoms with Crippen molar-refractivity contribution in [3.63, 3.8) is 0 Å². The topological polar surface area (TPSA) is 95.0 Å². The highest BCUT2D eigenvalue weighted by molar-refractivity contribution is 5.93. The number of morpholine rings is 1. The van der Waals surface area contributed by atoms with Gasteiger partial charge < -0.3 is 29.2 Å². The maximum absolute atomic E-state index is 12.8. The van der Waals surface area contributed by atoms with E-state index >= 15 is 0 Å². The van der Waals surface area contributed by atoms with Crippen molar-refractivity contribution in [1.29, 1.82) is 0 Å². The summed E-state index contributed by atoms with van der Waals surface area (Å²) in [6, 6.07) is 5.87. The highest BCUT2D eigenvalue weighted by atomic mass is 16.5. The second-order valence-corrected chi connectivity index (χ2v) is 7.12. The molecule has 9 heteroatoms. The average molecular weight is 445 g/mol. The molecule has 3 rings (SSSR count). The Morgan fingerprint density at radius 1 is 1.16 bits per heavy atom. The summed E-state index contributed by atoms with van der Waals surface area (Å²) in [5.74, 6) is 1.36. The highest BCUT2D eigenvalue weighted by Gasteiger charge is 2.28. The number of carbonyl (C=O) groups is 1. The summed E-state index contributed by atoms with van der Waals surface area (Å²) in [5, 5.41) is 3.30. The first kappa shape index (κ1) is 23.7. The predicted octanol–water partition coefficient (Wildman–Crippen LogP) is 2.67. The number of esters is 1. The number of nitrogens with zero attached hydrogens (tertiary/aromatic N) is 3. The fraction of sp³-hybridized carbons (Fsp3) is 0.522. The van der Waals surface area contributed by atoms with Gasteiger partial charge in [0.05, 0.1) is 39.1 Å². The first-order chi connectivity index (χ1) is 15.6. The summed E-state index contributed by atoms with van der Waals surface area (Å²) in [6.07, 6.45) is 0. The lowest BCUT2D eigenvalue weighted by Gasteiger charge is -2.30. The molecular formula is C23H32N4O5. The Morgan fingerprint density at radius 3 is 2.59 bits per heavy atom. The van der Waals surface area contributed by atoms with Gasteiger partial charge in [0.1, 0.15) is 5.75 Å². The van der Waals surface area contributed by atoms with Crippen LogP contribution < -0.4 is 19.7 Å². The monoisotopic (exact) mass is 444 g/mol. The van der Waals surface area contributed by atoms with Crippen molar-refractivity contribution in [1.82, 2.24) is 15.3 Å². The zero-order valence-electron chi connectivity index (χ0n) is 19.3. The van der Waals surface area contributed by atoms with E-state index in [0.717, 1.165) is 18.7 Å². The molecule has 9 nitrogen and oxygen atoms in total. The Hall–Kier alpha value is -2.91. The maximum atomic E-state index is 12.8. The molecule has 0 atom stereocenters. The first-order valence-electron chi connectivity index (χ1n) is 11.0. The minimum absolute atomic E-state index is 0.110. The molecule has 2 heterocycles. The van der Waals surface area contributed by atoms with Gasteiger partial charge in [-0.3, -0.25) is 0 Å². The first-order valence-corrected chi connectivity index (χ1v) is 11.0. The lowest BCUT2D eigenvalue weighted by Crippen LogP contribution is -2.37. The number of benzene rings is 1. The molecule has 174 valence electrons. The molecule has 1 N–H and O–H groups in total. The van der Waals surface area contributed by atoms with Gasteiger partial charge in [0.25, 0.3) is 0 Å². The number of nitrogens with one attached hydrogen (secondary N) is 1. The third kappa shape index (κ3) is 5.46. The van der Waals surface area contributed by atoms with E-state index in [2.05, 4.69) is 22.1 Å². The van der Waals surface area contributed by atoms with Gasteiger partial charge in [0.15, 0.2) is 23.1 Å². The van der Waals surface area contributed by atoms with Gasteiger partial charge in [-0.1, -0.05) is 13.0 Å². The lowest BCUT2D eigenvalue weighted by atomic mass is 10.1. The van der Waals surface area contributed by atoms with Crippen molar-refractivity contribution in [2.75, 3.05) is 58.1 Å². The summed E-state index contributed by atoms with van der Waals surface area (Å²) < 4.78 is 22.3. The number of anilines is 1. The van der Waals surface area contributed by atoms with Gasteiger partial charge in [0.2, 0.25) is 0 Å². The number of hydrogen-bond acceptors (Lipinski definition) is 9. The molecule has 2 aromatic rings. The zero-order valence-corrected chi connectivity index (χ0v) is 19.3. The molecule has 1 aromatic carbocycles. The lowest BCUT2D eigenvalue weighted by molar-refractivity contribution is 0.0514. The SMILES string of the molecule is CCNCc1ccc(-c2nc(C(=O)OCC)c(OCC)c(N3CCOCC3)n2)c(OC)c1. The maximum Gasteiger partial charge on any atom is 0.361 e. The Morgan fingerprint density at radius 2 is 1.94 bits per heavy atom. The third-order valence-electron chi connectivity index (χ3n) is 5.00. The molecular weight excluding hydrogens is 412 g/mol. The fourth-order valence-electron chi connectivity index (χ4n) is 3.46. The smallest absolute Gasteiger partial charge is 0.361 e. The van der Waals surface area contributed by atoms with E-state index in [1.807, 2.05) is 25.1 Å². The van der Waals surface area contributed by atoms with E-state index in [1.54, 1.807) is 14.0 Å². The summed E-state index contributed by atoms with van der Waals surface area (Å²) in [7, 11) is 1.61. The summed E-state index contributed by atoms with van der Waals surface area (Å²) in [5.41, 5.74) is 1.88. The van der Waals surface area contributed by atoms with E-state index in [9.17, 15) is 4.79 Å². The van der Waals surface area contributed by atoms with E-state index in [-0.39, 0.29) is 12.3 Å². The minimum atomic E-state index is -0.545. The van der Waals surface area contributed by atoms with Crippen molar-refractivity contribution in [2.24, 2.45) is 0 Å². The van der Waals surface area contributed by atoms with Crippen molar-refractivity contribution in [3.05, 3.63) is 29.5 Å². The number of ether oxygens (including phenoxy) is 4. The summed E-state index contributed by atoms with van der Waals surface area (Å²) >= 11 is 0. The highest BCUT2D eigenvalue weighted by Crippen LogP contribution is 2.36. The van der Waals surface area contributed by atoms with Crippen LogP contribution >= 0.6 is 0 Å². The molecule has 0 bridgehead atoms. The number of aromatic nitrogens is 2. The Bertz CT molecular complexity index is 916. The quantitative estimate of drug-likeness (QED) is 0.555. The van der Waals surface area contributed by atoms with Gasteiger partial charge in [0, 0.05) is 19.6 Å². The number of carbonyl (C=O) groups excluding carboxylic acids is 1. The number of hydrogen-bond donors (Lipinski definition) is 1. The molecule has 1 saturated heterocycles. The summed E-state index contributed by atoms with van der Waals surface area (Å²) in [4.78, 5) is 24.3. The minimum Gasteiger partial charge on any atom is -0.496 e. The Balaban J connectivity index is 2.15. The second-order valence-electron chi connectivity index (χ2n) is 7.12. The molecule has 0 radical (unpaired) electrons. The molecule has 1 aliphatic rings. The largest absolute Gasteiger partial charge is 0.496 e. The van der Waals surface area contributed by atoms with Crippen molar-refractivity contribution >= 4 is 11.8 Å². The van der Waals surface area contributed by atoms with Crippen LogP contribution in [0.25, 0.3) is 11.4 Å². The molecule has 1 fully saturated rings. The molecule has 32 heavy (non-hydrogen) atoms. The zero-order chi connectivity index (χ0) is 22.9. The molecule has 0 saturated carbocycles. The molecule has 0 spiro atoms.